The molecule has 0 amide bonds. The first-order chi connectivity index (χ1) is 8.45. The van der Waals surface area contributed by atoms with Crippen molar-refractivity contribution < 1.29 is 17.6 Å². The van der Waals surface area contributed by atoms with Gasteiger partial charge in [-0.2, -0.15) is 13.2 Å². The second kappa shape index (κ2) is 6.41. The van der Waals surface area contributed by atoms with Crippen LogP contribution in [0.25, 0.3) is 0 Å². The van der Waals surface area contributed by atoms with Gasteiger partial charge in [0, 0.05) is 12.0 Å². The maximum atomic E-state index is 13.2. The van der Waals surface area contributed by atoms with Crippen molar-refractivity contribution in [1.29, 1.82) is 0 Å². The summed E-state index contributed by atoms with van der Waals surface area (Å²) in [4.78, 5) is 0. The molecule has 0 bridgehead atoms. The minimum absolute atomic E-state index is 0.244. The Kier molecular flexibility index (Phi) is 5.17. The van der Waals surface area contributed by atoms with E-state index >= 15 is 0 Å². The molecule has 0 heterocycles. The Hall–Kier alpha value is -1.54. The fourth-order valence-electron chi connectivity index (χ4n) is 1.35. The second-order valence-electron chi connectivity index (χ2n) is 3.74. The van der Waals surface area contributed by atoms with Crippen LogP contribution in [0, 0.1) is 17.7 Å². The molecule has 1 aromatic carbocycles. The largest absolute Gasteiger partial charge is 0.419 e. The minimum atomic E-state index is -4.67. The normalized spacial score (nSPS) is 10.9. The van der Waals surface area contributed by atoms with Crippen LogP contribution in [-0.2, 0) is 6.18 Å². The van der Waals surface area contributed by atoms with Crippen molar-refractivity contribution in [1.82, 2.24) is 0 Å². The molecule has 1 aromatic rings. The van der Waals surface area contributed by atoms with E-state index in [-0.39, 0.29) is 5.56 Å². The molecule has 1 rings (SSSR count). The number of alkyl halides is 3. The Morgan fingerprint density at radius 1 is 1.17 bits per heavy atom. The van der Waals surface area contributed by atoms with E-state index in [4.69, 9.17) is 5.73 Å². The summed E-state index contributed by atoms with van der Waals surface area (Å²) in [6.45, 7) is 0.580. The third-order valence-electron chi connectivity index (χ3n) is 2.26. The van der Waals surface area contributed by atoms with Crippen molar-refractivity contribution in [3.8, 4) is 11.8 Å². The maximum absolute atomic E-state index is 13.2. The quantitative estimate of drug-likeness (QED) is 0.503. The van der Waals surface area contributed by atoms with Gasteiger partial charge in [-0.1, -0.05) is 11.8 Å². The molecule has 18 heavy (non-hydrogen) atoms. The van der Waals surface area contributed by atoms with E-state index in [1.54, 1.807) is 0 Å². The zero-order valence-corrected chi connectivity index (χ0v) is 9.65. The molecule has 98 valence electrons. The number of hydrogen-bond donors (Lipinski definition) is 1. The summed E-state index contributed by atoms with van der Waals surface area (Å²) in [6.07, 6.45) is -2.40. The van der Waals surface area contributed by atoms with Crippen LogP contribution in [-0.4, -0.2) is 6.54 Å². The topological polar surface area (TPSA) is 26.0 Å². The molecule has 0 radical (unpaired) electrons. The van der Waals surface area contributed by atoms with E-state index in [2.05, 4.69) is 11.8 Å². The van der Waals surface area contributed by atoms with E-state index in [9.17, 15) is 17.6 Å². The Morgan fingerprint density at radius 2 is 1.89 bits per heavy atom. The van der Waals surface area contributed by atoms with Gasteiger partial charge in [0.2, 0.25) is 0 Å². The van der Waals surface area contributed by atoms with E-state index in [0.29, 0.717) is 19.0 Å². The first-order valence-corrected chi connectivity index (χ1v) is 5.51. The van der Waals surface area contributed by atoms with Gasteiger partial charge >= 0.3 is 6.18 Å². The summed E-state index contributed by atoms with van der Waals surface area (Å²) in [5.74, 6) is 4.10. The van der Waals surface area contributed by atoms with Crippen LogP contribution in [0.3, 0.4) is 0 Å². The van der Waals surface area contributed by atoms with Crippen LogP contribution in [0.1, 0.15) is 30.4 Å². The number of benzene rings is 1. The van der Waals surface area contributed by atoms with Gasteiger partial charge < -0.3 is 5.73 Å². The lowest BCUT2D eigenvalue weighted by Crippen LogP contribution is -2.07. The molecule has 0 saturated carbocycles. The smallest absolute Gasteiger partial charge is 0.330 e. The van der Waals surface area contributed by atoms with Gasteiger partial charge in [-0.05, 0) is 37.6 Å². The zero-order valence-electron chi connectivity index (χ0n) is 9.65. The van der Waals surface area contributed by atoms with Gasteiger partial charge in [0.05, 0.1) is 5.56 Å². The molecule has 0 aromatic heterocycles. The molecule has 0 aliphatic rings. The highest BCUT2D eigenvalue weighted by atomic mass is 19.4. The van der Waals surface area contributed by atoms with Crippen molar-refractivity contribution in [2.45, 2.75) is 25.4 Å². The standard InChI is InChI=1S/C13H13F4N/c14-12-9-10(5-3-1-2-4-8-18)6-7-11(12)13(15,16)17/h6-7,9H,1-2,4,8,18H2. The minimum Gasteiger partial charge on any atom is -0.330 e. The zero-order chi connectivity index (χ0) is 13.6. The highest BCUT2D eigenvalue weighted by Crippen LogP contribution is 2.31. The number of rotatable bonds is 3. The SMILES string of the molecule is NCCCCC#Cc1ccc(C(F)(F)F)c(F)c1. The van der Waals surface area contributed by atoms with Crippen LogP contribution in [0.4, 0.5) is 17.6 Å². The molecule has 0 unspecified atom stereocenters. The Bertz CT molecular complexity index is 454. The fourth-order valence-corrected chi connectivity index (χ4v) is 1.35. The average molecular weight is 259 g/mol. The molecular formula is C13H13F4N. The lowest BCUT2D eigenvalue weighted by molar-refractivity contribution is -0.140. The summed E-state index contributed by atoms with van der Waals surface area (Å²) >= 11 is 0. The van der Waals surface area contributed by atoms with Crippen molar-refractivity contribution >= 4 is 0 Å². The Balaban J connectivity index is 2.73. The molecule has 0 spiro atoms. The number of nitrogens with two attached hydrogens (primary N) is 1. The van der Waals surface area contributed by atoms with Gasteiger partial charge in [0.25, 0.3) is 0 Å². The lowest BCUT2D eigenvalue weighted by atomic mass is 10.1. The van der Waals surface area contributed by atoms with Crippen molar-refractivity contribution in [2.75, 3.05) is 6.54 Å². The van der Waals surface area contributed by atoms with Gasteiger partial charge in [0.15, 0.2) is 0 Å². The lowest BCUT2D eigenvalue weighted by Gasteiger charge is -2.07. The number of halogens is 4. The predicted molar refractivity (Wildman–Crippen MR) is 61.2 cm³/mol. The summed E-state index contributed by atoms with van der Waals surface area (Å²) < 4.78 is 50.0. The van der Waals surface area contributed by atoms with Gasteiger partial charge in [-0.25, -0.2) is 4.39 Å². The summed E-state index contributed by atoms with van der Waals surface area (Å²) in [5.41, 5.74) is 4.27. The highest BCUT2D eigenvalue weighted by molar-refractivity contribution is 5.37. The van der Waals surface area contributed by atoms with Gasteiger partial charge in [0.1, 0.15) is 5.82 Å². The molecule has 0 fully saturated rings. The second-order valence-corrected chi connectivity index (χ2v) is 3.74. The van der Waals surface area contributed by atoms with E-state index in [0.717, 1.165) is 18.9 Å². The van der Waals surface area contributed by atoms with Gasteiger partial charge in [-0.3, -0.25) is 0 Å². The van der Waals surface area contributed by atoms with Crippen LogP contribution in [0.5, 0.6) is 0 Å². The van der Waals surface area contributed by atoms with Crippen LogP contribution in [0.2, 0.25) is 0 Å². The first kappa shape index (κ1) is 14.5. The molecule has 2 N–H and O–H groups in total. The number of unbranched alkanes of at least 4 members (excludes halogenated alkanes) is 2. The number of hydrogen-bond acceptors (Lipinski definition) is 1. The monoisotopic (exact) mass is 259 g/mol. The van der Waals surface area contributed by atoms with Crippen LogP contribution in [0.15, 0.2) is 18.2 Å². The summed E-state index contributed by atoms with van der Waals surface area (Å²) in [6, 6.07) is 2.68. The summed E-state index contributed by atoms with van der Waals surface area (Å²) in [7, 11) is 0. The highest BCUT2D eigenvalue weighted by Gasteiger charge is 2.33. The first-order valence-electron chi connectivity index (χ1n) is 5.51. The predicted octanol–water partition coefficient (Wildman–Crippen LogP) is 3.33. The fraction of sp³-hybridized carbons (Fsp3) is 0.385. The molecule has 0 atom stereocenters. The van der Waals surface area contributed by atoms with Crippen LogP contribution >= 0.6 is 0 Å². The van der Waals surface area contributed by atoms with Crippen molar-refractivity contribution in [3.05, 3.63) is 35.1 Å². The van der Waals surface area contributed by atoms with Crippen molar-refractivity contribution in [2.24, 2.45) is 5.73 Å². The summed E-state index contributed by atoms with van der Waals surface area (Å²) in [5, 5.41) is 0. The Morgan fingerprint density at radius 3 is 2.44 bits per heavy atom. The van der Waals surface area contributed by atoms with Gasteiger partial charge in [-0.15, -0.1) is 0 Å². The average Bonchev–Trinajstić information content (AvgIpc) is 2.27. The molecule has 0 saturated heterocycles. The van der Waals surface area contributed by atoms with Crippen molar-refractivity contribution in [3.63, 3.8) is 0 Å². The molecule has 1 nitrogen and oxygen atoms in total. The molecule has 0 aliphatic heterocycles. The van der Waals surface area contributed by atoms with E-state index in [1.165, 1.54) is 6.07 Å². The third kappa shape index (κ3) is 4.38. The van der Waals surface area contributed by atoms with E-state index < -0.39 is 17.6 Å². The maximum Gasteiger partial charge on any atom is 0.419 e. The molecular weight excluding hydrogens is 246 g/mol. The third-order valence-corrected chi connectivity index (χ3v) is 2.26. The molecule has 5 heteroatoms. The molecule has 0 aliphatic carbocycles. The van der Waals surface area contributed by atoms with E-state index in [1.807, 2.05) is 0 Å². The Labute approximate surface area is 103 Å². The van der Waals surface area contributed by atoms with Crippen LogP contribution < -0.4 is 5.73 Å².